The Morgan fingerprint density at radius 3 is 2.83 bits per heavy atom. The number of aromatic nitrogens is 2. The van der Waals surface area contributed by atoms with Gasteiger partial charge in [-0.2, -0.15) is 5.10 Å². The number of nitrogens with zero attached hydrogens (tertiary/aromatic N) is 3. The molecule has 1 aliphatic carbocycles. The van der Waals surface area contributed by atoms with E-state index in [0.29, 0.717) is 6.42 Å². The monoisotopic (exact) mass is 249 g/mol. The zero-order chi connectivity index (χ0) is 13.1. The van der Waals surface area contributed by atoms with E-state index in [1.165, 1.54) is 18.4 Å². The van der Waals surface area contributed by atoms with Gasteiger partial charge >= 0.3 is 0 Å². The molecular formula is C14H23N3O. The summed E-state index contributed by atoms with van der Waals surface area (Å²) in [6.45, 7) is 5.91. The lowest BCUT2D eigenvalue weighted by molar-refractivity contribution is -0.130. The van der Waals surface area contributed by atoms with Crippen molar-refractivity contribution < 1.29 is 4.79 Å². The molecule has 1 amide bonds. The Bertz CT molecular complexity index is 421. The van der Waals surface area contributed by atoms with Gasteiger partial charge in [-0.1, -0.05) is 0 Å². The molecule has 1 aromatic rings. The summed E-state index contributed by atoms with van der Waals surface area (Å²) in [5.41, 5.74) is 2.25. The molecule has 0 saturated heterocycles. The fourth-order valence-corrected chi connectivity index (χ4v) is 2.19. The highest BCUT2D eigenvalue weighted by Gasteiger charge is 2.24. The van der Waals surface area contributed by atoms with Gasteiger partial charge < -0.3 is 4.90 Å². The van der Waals surface area contributed by atoms with Crippen molar-refractivity contribution in [3.8, 4) is 0 Å². The standard InChI is InChI=1S/C14H23N3O/c1-4-17-10-13(11(2)15-17)7-8-14(18)16(3)9-12-5-6-12/h10,12H,4-9H2,1-3H3. The lowest BCUT2D eigenvalue weighted by Gasteiger charge is -2.16. The van der Waals surface area contributed by atoms with E-state index in [9.17, 15) is 4.79 Å². The highest BCUT2D eigenvalue weighted by atomic mass is 16.2. The second kappa shape index (κ2) is 5.55. The maximum Gasteiger partial charge on any atom is 0.222 e. The molecule has 1 saturated carbocycles. The topological polar surface area (TPSA) is 38.1 Å². The molecule has 0 unspecified atom stereocenters. The van der Waals surface area contributed by atoms with Crippen LogP contribution in [-0.2, 0) is 17.8 Å². The quantitative estimate of drug-likeness (QED) is 0.773. The maximum absolute atomic E-state index is 12.0. The fourth-order valence-electron chi connectivity index (χ4n) is 2.19. The summed E-state index contributed by atoms with van der Waals surface area (Å²) in [4.78, 5) is 13.9. The average Bonchev–Trinajstić information content (AvgIpc) is 3.08. The number of amides is 1. The van der Waals surface area contributed by atoms with Gasteiger partial charge in [0.25, 0.3) is 0 Å². The maximum atomic E-state index is 12.0. The Balaban J connectivity index is 1.82. The molecule has 0 N–H and O–H groups in total. The Kier molecular flexibility index (Phi) is 4.04. The number of carbonyl (C=O) groups is 1. The van der Waals surface area contributed by atoms with E-state index in [0.717, 1.165) is 31.1 Å². The largest absolute Gasteiger partial charge is 0.345 e. The molecular weight excluding hydrogens is 226 g/mol. The van der Waals surface area contributed by atoms with Crippen molar-refractivity contribution in [3.63, 3.8) is 0 Å². The third-order valence-electron chi connectivity index (χ3n) is 3.63. The van der Waals surface area contributed by atoms with Crippen LogP contribution in [0.1, 0.15) is 37.4 Å². The SMILES string of the molecule is CCn1cc(CCC(=O)N(C)CC2CC2)c(C)n1. The Hall–Kier alpha value is -1.32. The van der Waals surface area contributed by atoms with Gasteiger partial charge in [0.1, 0.15) is 0 Å². The number of rotatable bonds is 6. The van der Waals surface area contributed by atoms with Gasteiger partial charge in [-0.3, -0.25) is 9.48 Å². The third-order valence-corrected chi connectivity index (χ3v) is 3.63. The Morgan fingerprint density at radius 1 is 1.56 bits per heavy atom. The summed E-state index contributed by atoms with van der Waals surface area (Å²) in [5, 5.41) is 4.40. The molecule has 2 rings (SSSR count). The number of aryl methyl sites for hydroxylation is 3. The van der Waals surface area contributed by atoms with Crippen LogP contribution >= 0.6 is 0 Å². The van der Waals surface area contributed by atoms with Gasteiger partial charge in [0.15, 0.2) is 0 Å². The van der Waals surface area contributed by atoms with Gasteiger partial charge in [0.2, 0.25) is 5.91 Å². The molecule has 4 heteroatoms. The number of carbonyl (C=O) groups excluding carboxylic acids is 1. The van der Waals surface area contributed by atoms with E-state index < -0.39 is 0 Å². The van der Waals surface area contributed by atoms with Crippen LogP contribution in [0.3, 0.4) is 0 Å². The van der Waals surface area contributed by atoms with Crippen LogP contribution in [0.25, 0.3) is 0 Å². The van der Waals surface area contributed by atoms with Crippen molar-refractivity contribution in [2.24, 2.45) is 5.92 Å². The predicted octanol–water partition coefficient (Wildman–Crippen LogP) is 2.01. The first-order valence-corrected chi connectivity index (χ1v) is 6.87. The lowest BCUT2D eigenvalue weighted by Crippen LogP contribution is -2.28. The van der Waals surface area contributed by atoms with E-state index in [1.807, 2.05) is 23.6 Å². The highest BCUT2D eigenvalue weighted by Crippen LogP contribution is 2.29. The summed E-state index contributed by atoms with van der Waals surface area (Å²) in [6.07, 6.45) is 6.04. The summed E-state index contributed by atoms with van der Waals surface area (Å²) in [6, 6.07) is 0. The highest BCUT2D eigenvalue weighted by molar-refractivity contribution is 5.76. The smallest absolute Gasteiger partial charge is 0.222 e. The van der Waals surface area contributed by atoms with Crippen molar-refractivity contribution in [2.75, 3.05) is 13.6 Å². The lowest BCUT2D eigenvalue weighted by atomic mass is 10.1. The van der Waals surface area contributed by atoms with Crippen LogP contribution in [0.15, 0.2) is 6.20 Å². The first kappa shape index (κ1) is 13.1. The van der Waals surface area contributed by atoms with Gasteiger partial charge in [-0.05, 0) is 44.6 Å². The summed E-state index contributed by atoms with van der Waals surface area (Å²) >= 11 is 0. The third kappa shape index (κ3) is 3.34. The Morgan fingerprint density at radius 2 is 2.28 bits per heavy atom. The van der Waals surface area contributed by atoms with E-state index in [1.54, 1.807) is 0 Å². The van der Waals surface area contributed by atoms with Gasteiger partial charge in [-0.15, -0.1) is 0 Å². The molecule has 0 bridgehead atoms. The molecule has 4 nitrogen and oxygen atoms in total. The van der Waals surface area contributed by atoms with Crippen LogP contribution in [0.2, 0.25) is 0 Å². The molecule has 0 aliphatic heterocycles. The minimum Gasteiger partial charge on any atom is -0.345 e. The van der Waals surface area contributed by atoms with Gasteiger partial charge in [0.05, 0.1) is 5.69 Å². The van der Waals surface area contributed by atoms with Crippen LogP contribution in [0, 0.1) is 12.8 Å². The zero-order valence-electron chi connectivity index (χ0n) is 11.6. The van der Waals surface area contributed by atoms with Crippen molar-refractivity contribution in [3.05, 3.63) is 17.5 Å². The second-order valence-corrected chi connectivity index (χ2v) is 5.31. The zero-order valence-corrected chi connectivity index (χ0v) is 11.6. The van der Waals surface area contributed by atoms with Crippen molar-refractivity contribution in [1.82, 2.24) is 14.7 Å². The molecule has 1 fully saturated rings. The van der Waals surface area contributed by atoms with E-state index in [-0.39, 0.29) is 5.91 Å². The van der Waals surface area contributed by atoms with E-state index >= 15 is 0 Å². The van der Waals surface area contributed by atoms with Gasteiger partial charge in [-0.25, -0.2) is 0 Å². The molecule has 0 aromatic carbocycles. The van der Waals surface area contributed by atoms with Crippen molar-refractivity contribution in [2.45, 2.75) is 46.1 Å². The Labute approximate surface area is 109 Å². The van der Waals surface area contributed by atoms with Crippen LogP contribution in [-0.4, -0.2) is 34.2 Å². The minimum absolute atomic E-state index is 0.255. The summed E-state index contributed by atoms with van der Waals surface area (Å²) < 4.78 is 1.93. The molecule has 0 radical (unpaired) electrons. The summed E-state index contributed by atoms with van der Waals surface area (Å²) in [7, 11) is 1.92. The average molecular weight is 249 g/mol. The fraction of sp³-hybridized carbons (Fsp3) is 0.714. The molecule has 1 aromatic heterocycles. The summed E-state index contributed by atoms with van der Waals surface area (Å²) in [5.74, 6) is 1.02. The van der Waals surface area contributed by atoms with Gasteiger partial charge in [0, 0.05) is 32.8 Å². The number of hydrogen-bond donors (Lipinski definition) is 0. The van der Waals surface area contributed by atoms with E-state index in [4.69, 9.17) is 0 Å². The second-order valence-electron chi connectivity index (χ2n) is 5.31. The van der Waals surface area contributed by atoms with Crippen molar-refractivity contribution in [1.29, 1.82) is 0 Å². The first-order valence-electron chi connectivity index (χ1n) is 6.87. The molecule has 0 atom stereocenters. The van der Waals surface area contributed by atoms with Crippen LogP contribution in [0.4, 0.5) is 0 Å². The molecule has 1 aliphatic rings. The molecule has 1 heterocycles. The predicted molar refractivity (Wildman–Crippen MR) is 71.3 cm³/mol. The normalized spacial score (nSPS) is 14.8. The molecule has 100 valence electrons. The van der Waals surface area contributed by atoms with Crippen LogP contribution < -0.4 is 0 Å². The first-order chi connectivity index (χ1) is 8.60. The number of hydrogen-bond acceptors (Lipinski definition) is 2. The molecule has 0 spiro atoms. The molecule has 18 heavy (non-hydrogen) atoms. The van der Waals surface area contributed by atoms with E-state index in [2.05, 4.69) is 18.2 Å². The van der Waals surface area contributed by atoms with Crippen molar-refractivity contribution >= 4 is 5.91 Å². The minimum atomic E-state index is 0.255. The van der Waals surface area contributed by atoms with Crippen LogP contribution in [0.5, 0.6) is 0 Å².